The maximum atomic E-state index is 13.6. The molecule has 0 spiro atoms. The van der Waals surface area contributed by atoms with Crippen molar-refractivity contribution in [1.29, 1.82) is 0 Å². The van der Waals surface area contributed by atoms with Crippen LogP contribution < -0.4 is 15.4 Å². The van der Waals surface area contributed by atoms with Crippen molar-refractivity contribution in [3.63, 3.8) is 0 Å². The summed E-state index contributed by atoms with van der Waals surface area (Å²) in [6.45, 7) is 2.31. The van der Waals surface area contributed by atoms with Crippen molar-refractivity contribution in [2.45, 2.75) is 19.4 Å². The number of nitrogens with zero attached hydrogens (tertiary/aromatic N) is 4. The van der Waals surface area contributed by atoms with Gasteiger partial charge >= 0.3 is 6.03 Å². The lowest BCUT2D eigenvalue weighted by Gasteiger charge is -2.26. The number of nitrogens with one attached hydrogen (secondary N) is 2. The van der Waals surface area contributed by atoms with E-state index in [9.17, 15) is 9.18 Å². The topological polar surface area (TPSA) is 86.0 Å². The minimum atomic E-state index is -0.380. The molecule has 1 atom stereocenters. The third kappa shape index (κ3) is 4.05. The number of aromatic nitrogens is 4. The molecule has 2 aromatic heterocycles. The number of fused-ring (bicyclic) bond motifs is 1. The lowest BCUT2D eigenvalue weighted by Crippen LogP contribution is -2.35. The molecule has 168 valence electrons. The van der Waals surface area contributed by atoms with Crippen molar-refractivity contribution in [1.82, 2.24) is 24.9 Å². The standard InChI is InChI=1S/C24H23FN6O2/c1-15-22(16-13-26-30(2)14-16)29-31(18-6-4-3-5-7-18)23(15)28-24(32)27-20-10-11-33-21-12-17(25)8-9-19(20)21/h3-9,12-14,20H,10-11H2,1-2H3,(H2,27,28,32). The van der Waals surface area contributed by atoms with E-state index in [-0.39, 0.29) is 17.9 Å². The third-order valence-corrected chi connectivity index (χ3v) is 5.65. The Hall–Kier alpha value is -4.14. The Labute approximate surface area is 190 Å². The van der Waals surface area contributed by atoms with Gasteiger partial charge in [-0.3, -0.25) is 10.00 Å². The third-order valence-electron chi connectivity index (χ3n) is 5.65. The maximum absolute atomic E-state index is 13.6. The molecule has 9 heteroatoms. The highest BCUT2D eigenvalue weighted by molar-refractivity contribution is 5.91. The molecule has 2 aromatic carbocycles. The molecule has 0 fully saturated rings. The molecule has 2 amide bonds. The van der Waals surface area contributed by atoms with Gasteiger partial charge in [-0.05, 0) is 25.1 Å². The van der Waals surface area contributed by atoms with Crippen LogP contribution in [0.5, 0.6) is 5.75 Å². The summed E-state index contributed by atoms with van der Waals surface area (Å²) in [5.41, 5.74) is 3.97. The predicted octanol–water partition coefficient (Wildman–Crippen LogP) is 4.37. The number of hydrogen-bond donors (Lipinski definition) is 2. The highest BCUT2D eigenvalue weighted by atomic mass is 19.1. The van der Waals surface area contributed by atoms with E-state index in [1.54, 1.807) is 21.6 Å². The molecule has 5 rings (SSSR count). The van der Waals surface area contributed by atoms with Gasteiger partial charge in [0.25, 0.3) is 0 Å². The molecule has 3 heterocycles. The zero-order valence-electron chi connectivity index (χ0n) is 18.2. The summed E-state index contributed by atoms with van der Waals surface area (Å²) in [7, 11) is 1.84. The first-order chi connectivity index (χ1) is 16.0. The fraction of sp³-hybridized carbons (Fsp3) is 0.208. The first-order valence-electron chi connectivity index (χ1n) is 10.6. The van der Waals surface area contributed by atoms with Gasteiger partial charge in [-0.1, -0.05) is 24.3 Å². The lowest BCUT2D eigenvalue weighted by molar-refractivity contribution is 0.232. The van der Waals surface area contributed by atoms with Crippen molar-refractivity contribution in [3.8, 4) is 22.7 Å². The van der Waals surface area contributed by atoms with Crippen molar-refractivity contribution in [3.05, 3.63) is 77.9 Å². The molecule has 0 bridgehead atoms. The predicted molar refractivity (Wildman–Crippen MR) is 122 cm³/mol. The maximum Gasteiger partial charge on any atom is 0.320 e. The van der Waals surface area contributed by atoms with Crippen LogP contribution >= 0.6 is 0 Å². The molecule has 33 heavy (non-hydrogen) atoms. The summed E-state index contributed by atoms with van der Waals surface area (Å²) < 4.78 is 22.5. The fourth-order valence-corrected chi connectivity index (χ4v) is 4.03. The summed E-state index contributed by atoms with van der Waals surface area (Å²) in [6.07, 6.45) is 4.21. The van der Waals surface area contributed by atoms with Gasteiger partial charge in [0.2, 0.25) is 0 Å². The molecule has 8 nitrogen and oxygen atoms in total. The molecule has 0 radical (unpaired) electrons. The molecule has 0 saturated carbocycles. The number of para-hydroxylation sites is 1. The molecule has 1 unspecified atom stereocenters. The highest BCUT2D eigenvalue weighted by Gasteiger charge is 2.25. The van der Waals surface area contributed by atoms with Crippen molar-refractivity contribution < 1.29 is 13.9 Å². The average molecular weight is 446 g/mol. The zero-order valence-corrected chi connectivity index (χ0v) is 18.2. The average Bonchev–Trinajstić information content (AvgIpc) is 3.37. The van der Waals surface area contributed by atoms with Crippen molar-refractivity contribution >= 4 is 11.8 Å². The summed E-state index contributed by atoms with van der Waals surface area (Å²) >= 11 is 0. The number of carbonyl (C=O) groups excluding carboxylic acids is 1. The van der Waals surface area contributed by atoms with Crippen LogP contribution in [0.2, 0.25) is 0 Å². The number of anilines is 1. The van der Waals surface area contributed by atoms with Crippen LogP contribution in [0.1, 0.15) is 23.6 Å². The summed E-state index contributed by atoms with van der Waals surface area (Å²) in [5, 5.41) is 15.0. The minimum Gasteiger partial charge on any atom is -0.493 e. The second-order valence-corrected chi connectivity index (χ2v) is 7.94. The smallest absolute Gasteiger partial charge is 0.320 e. The lowest BCUT2D eigenvalue weighted by atomic mass is 10.0. The van der Waals surface area contributed by atoms with Crippen LogP contribution in [0.4, 0.5) is 15.0 Å². The summed E-state index contributed by atoms with van der Waals surface area (Å²) in [5.74, 6) is 0.643. The van der Waals surface area contributed by atoms with Gasteiger partial charge in [-0.2, -0.15) is 10.2 Å². The van der Waals surface area contributed by atoms with E-state index in [2.05, 4.69) is 15.7 Å². The first kappa shape index (κ1) is 20.7. The van der Waals surface area contributed by atoms with Gasteiger partial charge in [0.1, 0.15) is 23.1 Å². The van der Waals surface area contributed by atoms with E-state index in [0.29, 0.717) is 24.6 Å². The van der Waals surface area contributed by atoms with Crippen molar-refractivity contribution in [2.75, 3.05) is 11.9 Å². The second-order valence-electron chi connectivity index (χ2n) is 7.94. The normalized spacial score (nSPS) is 14.9. The Morgan fingerprint density at radius 3 is 2.79 bits per heavy atom. The zero-order chi connectivity index (χ0) is 22.9. The van der Waals surface area contributed by atoms with Gasteiger partial charge in [-0.15, -0.1) is 0 Å². The quantitative estimate of drug-likeness (QED) is 0.488. The Morgan fingerprint density at radius 1 is 1.21 bits per heavy atom. The van der Waals surface area contributed by atoms with E-state index in [1.165, 1.54) is 12.1 Å². The van der Waals surface area contributed by atoms with Gasteiger partial charge in [-0.25, -0.2) is 13.9 Å². The fourth-order valence-electron chi connectivity index (χ4n) is 4.03. The Balaban J connectivity index is 1.46. The number of carbonyl (C=O) groups is 1. The molecule has 2 N–H and O–H groups in total. The summed E-state index contributed by atoms with van der Waals surface area (Å²) in [4.78, 5) is 13.0. The largest absolute Gasteiger partial charge is 0.493 e. The SMILES string of the molecule is Cc1c(-c2cnn(C)c2)nn(-c2ccccc2)c1NC(=O)NC1CCOc2cc(F)ccc21. The number of urea groups is 1. The van der Waals surface area contributed by atoms with Crippen LogP contribution in [-0.4, -0.2) is 32.2 Å². The first-order valence-corrected chi connectivity index (χ1v) is 10.6. The number of ether oxygens (including phenoxy) is 1. The second kappa shape index (κ2) is 8.42. The molecule has 1 aliphatic rings. The number of rotatable bonds is 4. The number of benzene rings is 2. The molecule has 0 aliphatic carbocycles. The Bertz CT molecular complexity index is 1310. The van der Waals surface area contributed by atoms with Gasteiger partial charge in [0, 0.05) is 42.4 Å². The summed E-state index contributed by atoms with van der Waals surface area (Å²) in [6, 6.07) is 13.3. The Morgan fingerprint density at radius 2 is 2.03 bits per heavy atom. The van der Waals surface area contributed by atoms with Crippen LogP contribution in [0.3, 0.4) is 0 Å². The molecule has 4 aromatic rings. The minimum absolute atomic E-state index is 0.291. The molecule has 0 saturated heterocycles. The van der Waals surface area contributed by atoms with E-state index in [4.69, 9.17) is 9.84 Å². The Kier molecular flexibility index (Phi) is 5.29. The van der Waals surface area contributed by atoms with Gasteiger partial charge < -0.3 is 10.1 Å². The molecular formula is C24H23FN6O2. The van der Waals surface area contributed by atoms with Crippen LogP contribution in [0.25, 0.3) is 16.9 Å². The van der Waals surface area contributed by atoms with E-state index >= 15 is 0 Å². The van der Waals surface area contributed by atoms with Gasteiger partial charge in [0.05, 0.1) is 24.5 Å². The highest BCUT2D eigenvalue weighted by Crippen LogP contribution is 2.33. The number of halogens is 1. The van der Waals surface area contributed by atoms with E-state index in [0.717, 1.165) is 28.1 Å². The molecular weight excluding hydrogens is 423 g/mol. The number of hydrogen-bond acceptors (Lipinski definition) is 4. The van der Waals surface area contributed by atoms with E-state index in [1.807, 2.05) is 50.5 Å². The van der Waals surface area contributed by atoms with Gasteiger partial charge in [0.15, 0.2) is 0 Å². The number of aryl methyl sites for hydroxylation is 1. The number of amides is 2. The van der Waals surface area contributed by atoms with Crippen LogP contribution in [-0.2, 0) is 7.05 Å². The molecule has 1 aliphatic heterocycles. The van der Waals surface area contributed by atoms with Crippen molar-refractivity contribution in [2.24, 2.45) is 7.05 Å². The van der Waals surface area contributed by atoms with Crippen LogP contribution in [0, 0.1) is 12.7 Å². The van der Waals surface area contributed by atoms with Crippen LogP contribution in [0.15, 0.2) is 60.9 Å². The monoisotopic (exact) mass is 446 g/mol. The van der Waals surface area contributed by atoms with E-state index < -0.39 is 0 Å².